The van der Waals surface area contributed by atoms with Gasteiger partial charge >= 0.3 is 0 Å². The molecule has 1 aromatic heterocycles. The molecule has 9 heteroatoms. The second-order valence-corrected chi connectivity index (χ2v) is 6.08. The van der Waals surface area contributed by atoms with Crippen molar-refractivity contribution in [2.75, 3.05) is 6.54 Å². The molecule has 0 unspecified atom stereocenters. The van der Waals surface area contributed by atoms with Gasteiger partial charge in [-0.2, -0.15) is 0 Å². The van der Waals surface area contributed by atoms with E-state index in [0.29, 0.717) is 34.0 Å². The van der Waals surface area contributed by atoms with Gasteiger partial charge in [-0.1, -0.05) is 15.9 Å². The highest BCUT2D eigenvalue weighted by atomic mass is 79.9. The van der Waals surface area contributed by atoms with E-state index in [9.17, 15) is 10.1 Å². The maximum atomic E-state index is 11.1. The molecule has 2 N–H and O–H groups in total. The van der Waals surface area contributed by atoms with Gasteiger partial charge in [0, 0.05) is 23.5 Å². The number of nitrogens with two attached hydrogens (primary N) is 1. The lowest BCUT2D eigenvalue weighted by Crippen LogP contribution is -2.09. The first-order valence-corrected chi connectivity index (χ1v) is 7.91. The number of benzene rings is 1. The second kappa shape index (κ2) is 7.01. The van der Waals surface area contributed by atoms with E-state index in [1.807, 2.05) is 11.5 Å². The third-order valence-electron chi connectivity index (χ3n) is 2.80. The molecule has 1 heterocycles. The predicted octanol–water partition coefficient (Wildman–Crippen LogP) is 2.62. The lowest BCUT2D eigenvalue weighted by Gasteiger charge is -2.07. The lowest BCUT2D eigenvalue weighted by molar-refractivity contribution is -0.387. The molecule has 0 fully saturated rings. The van der Waals surface area contributed by atoms with Crippen molar-refractivity contribution in [3.05, 3.63) is 38.6 Å². The monoisotopic (exact) mass is 371 g/mol. The van der Waals surface area contributed by atoms with Gasteiger partial charge in [-0.25, -0.2) is 0 Å². The van der Waals surface area contributed by atoms with Crippen LogP contribution in [-0.2, 0) is 13.0 Å². The summed E-state index contributed by atoms with van der Waals surface area (Å²) in [6.07, 6.45) is 0.629. The highest BCUT2D eigenvalue weighted by molar-refractivity contribution is 9.10. The van der Waals surface area contributed by atoms with Crippen molar-refractivity contribution >= 4 is 33.4 Å². The van der Waals surface area contributed by atoms with Crippen molar-refractivity contribution < 1.29 is 4.92 Å². The Bertz CT molecular complexity index is 661. The van der Waals surface area contributed by atoms with Crippen LogP contribution in [0.3, 0.4) is 0 Å². The zero-order valence-electron chi connectivity index (χ0n) is 11.3. The molecular formula is C12H14BrN5O2S. The van der Waals surface area contributed by atoms with Crippen LogP contribution in [-0.4, -0.2) is 26.2 Å². The first-order chi connectivity index (χ1) is 10.1. The standard InChI is InChI=1S/C12H14BrN5O2S/c1-2-17-11(5-6-14)15-16-12(17)21-10-4-3-8(13)7-9(10)18(19)20/h3-4,7H,2,5-6,14H2,1H3. The Morgan fingerprint density at radius 2 is 2.24 bits per heavy atom. The highest BCUT2D eigenvalue weighted by Gasteiger charge is 2.19. The first kappa shape index (κ1) is 15.9. The molecule has 0 amide bonds. The first-order valence-electron chi connectivity index (χ1n) is 6.30. The van der Waals surface area contributed by atoms with Crippen LogP contribution in [0.15, 0.2) is 32.7 Å². The van der Waals surface area contributed by atoms with Crippen molar-refractivity contribution in [1.82, 2.24) is 14.8 Å². The summed E-state index contributed by atoms with van der Waals surface area (Å²) in [6.45, 7) is 3.15. The van der Waals surface area contributed by atoms with Gasteiger partial charge in [0.05, 0.1) is 9.82 Å². The summed E-state index contributed by atoms with van der Waals surface area (Å²) in [7, 11) is 0. The van der Waals surface area contributed by atoms with Gasteiger partial charge in [-0.05, 0) is 37.4 Å². The Morgan fingerprint density at radius 3 is 2.86 bits per heavy atom. The molecule has 0 radical (unpaired) electrons. The van der Waals surface area contributed by atoms with Crippen molar-refractivity contribution in [3.63, 3.8) is 0 Å². The van der Waals surface area contributed by atoms with E-state index in [1.165, 1.54) is 17.8 Å². The smallest absolute Gasteiger partial charge is 0.284 e. The molecule has 0 saturated heterocycles. The van der Waals surface area contributed by atoms with Crippen molar-refractivity contribution in [2.45, 2.75) is 29.9 Å². The molecule has 0 bridgehead atoms. The Kier molecular flexibility index (Phi) is 5.32. The zero-order chi connectivity index (χ0) is 15.4. The van der Waals surface area contributed by atoms with Crippen LogP contribution in [0, 0.1) is 10.1 Å². The van der Waals surface area contributed by atoms with Gasteiger partial charge in [0.15, 0.2) is 5.16 Å². The van der Waals surface area contributed by atoms with Gasteiger partial charge in [0.25, 0.3) is 5.69 Å². The summed E-state index contributed by atoms with van der Waals surface area (Å²) >= 11 is 4.48. The average molecular weight is 372 g/mol. The van der Waals surface area contributed by atoms with Crippen LogP contribution >= 0.6 is 27.7 Å². The van der Waals surface area contributed by atoms with E-state index >= 15 is 0 Å². The molecule has 0 spiro atoms. The summed E-state index contributed by atoms with van der Waals surface area (Å²) in [6, 6.07) is 4.95. The van der Waals surface area contributed by atoms with E-state index < -0.39 is 4.92 Å². The topological polar surface area (TPSA) is 99.9 Å². The molecule has 0 aliphatic heterocycles. The fraction of sp³-hybridized carbons (Fsp3) is 0.333. The molecule has 2 rings (SSSR count). The lowest BCUT2D eigenvalue weighted by atomic mass is 10.3. The maximum Gasteiger partial charge on any atom is 0.284 e. The van der Waals surface area contributed by atoms with Crippen LogP contribution in [0.25, 0.3) is 0 Å². The van der Waals surface area contributed by atoms with Crippen LogP contribution in [0.4, 0.5) is 5.69 Å². The Balaban J connectivity index is 2.36. The maximum absolute atomic E-state index is 11.1. The second-order valence-electron chi connectivity index (χ2n) is 4.15. The van der Waals surface area contributed by atoms with E-state index in [-0.39, 0.29) is 5.69 Å². The number of nitrogens with zero attached hydrogens (tertiary/aromatic N) is 4. The Labute approximate surface area is 134 Å². The molecule has 1 aromatic carbocycles. The van der Waals surface area contributed by atoms with Crippen molar-refractivity contribution in [2.24, 2.45) is 5.73 Å². The van der Waals surface area contributed by atoms with Crippen LogP contribution in [0.2, 0.25) is 0 Å². The largest absolute Gasteiger partial charge is 0.330 e. The number of halogens is 1. The van der Waals surface area contributed by atoms with E-state index in [1.54, 1.807) is 12.1 Å². The summed E-state index contributed by atoms with van der Waals surface area (Å²) in [5, 5.41) is 20.0. The number of aromatic nitrogens is 3. The minimum atomic E-state index is -0.402. The fourth-order valence-electron chi connectivity index (χ4n) is 1.84. The van der Waals surface area contributed by atoms with E-state index in [2.05, 4.69) is 26.1 Å². The molecule has 0 saturated carbocycles. The molecule has 7 nitrogen and oxygen atoms in total. The number of nitro groups is 1. The Hall–Kier alpha value is -1.45. The van der Waals surface area contributed by atoms with Crippen LogP contribution in [0.1, 0.15) is 12.7 Å². The van der Waals surface area contributed by atoms with Crippen LogP contribution in [0.5, 0.6) is 0 Å². The third-order valence-corrected chi connectivity index (χ3v) is 4.34. The predicted molar refractivity (Wildman–Crippen MR) is 83.4 cm³/mol. The third kappa shape index (κ3) is 3.60. The fourth-order valence-corrected chi connectivity index (χ4v) is 3.19. The molecule has 0 aliphatic carbocycles. The number of hydrogen-bond donors (Lipinski definition) is 1. The number of hydrogen-bond acceptors (Lipinski definition) is 6. The minimum absolute atomic E-state index is 0.0420. The minimum Gasteiger partial charge on any atom is -0.330 e. The van der Waals surface area contributed by atoms with Gasteiger partial charge in [0.2, 0.25) is 0 Å². The highest BCUT2D eigenvalue weighted by Crippen LogP contribution is 2.35. The Morgan fingerprint density at radius 1 is 1.48 bits per heavy atom. The average Bonchev–Trinajstić information content (AvgIpc) is 2.83. The zero-order valence-corrected chi connectivity index (χ0v) is 13.7. The van der Waals surface area contributed by atoms with Crippen molar-refractivity contribution in [1.29, 1.82) is 0 Å². The van der Waals surface area contributed by atoms with E-state index in [0.717, 1.165) is 5.82 Å². The van der Waals surface area contributed by atoms with Gasteiger partial charge in [0.1, 0.15) is 5.82 Å². The van der Waals surface area contributed by atoms with Gasteiger partial charge < -0.3 is 10.3 Å². The summed E-state index contributed by atoms with van der Waals surface area (Å²) in [5.74, 6) is 0.794. The normalized spacial score (nSPS) is 10.8. The quantitative estimate of drug-likeness (QED) is 0.618. The molecule has 0 atom stereocenters. The SMILES string of the molecule is CCn1c(CCN)nnc1Sc1ccc(Br)cc1[N+](=O)[O-]. The molecule has 0 aliphatic rings. The summed E-state index contributed by atoms with van der Waals surface area (Å²) in [5.41, 5.74) is 5.59. The van der Waals surface area contributed by atoms with Gasteiger partial charge in [-0.3, -0.25) is 10.1 Å². The molecule has 2 aromatic rings. The number of nitro benzene ring substituents is 1. The number of rotatable bonds is 6. The molecular weight excluding hydrogens is 358 g/mol. The molecule has 21 heavy (non-hydrogen) atoms. The van der Waals surface area contributed by atoms with Gasteiger partial charge in [-0.15, -0.1) is 10.2 Å². The van der Waals surface area contributed by atoms with Crippen molar-refractivity contribution in [3.8, 4) is 0 Å². The summed E-state index contributed by atoms with van der Waals surface area (Å²) < 4.78 is 2.59. The molecule has 112 valence electrons. The van der Waals surface area contributed by atoms with Crippen LogP contribution < -0.4 is 5.73 Å². The van der Waals surface area contributed by atoms with E-state index in [4.69, 9.17) is 5.73 Å². The summed E-state index contributed by atoms with van der Waals surface area (Å²) in [4.78, 5) is 11.3.